The van der Waals surface area contributed by atoms with Crippen LogP contribution in [0.4, 0.5) is 11.4 Å². The summed E-state index contributed by atoms with van der Waals surface area (Å²) in [4.78, 5) is 14.6. The van der Waals surface area contributed by atoms with Crippen molar-refractivity contribution in [3.63, 3.8) is 0 Å². The maximum Gasteiger partial charge on any atom is 0.494 e. The Bertz CT molecular complexity index is 844. The van der Waals surface area contributed by atoms with E-state index in [1.165, 1.54) is 0 Å². The molecule has 1 amide bonds. The van der Waals surface area contributed by atoms with Gasteiger partial charge >= 0.3 is 7.12 Å². The number of carbonyl (C=O) groups is 1. The van der Waals surface area contributed by atoms with Crippen LogP contribution in [-0.2, 0) is 14.1 Å². The molecule has 26 heavy (non-hydrogen) atoms. The lowest BCUT2D eigenvalue weighted by Crippen LogP contribution is -2.41. The molecule has 0 spiro atoms. The molecule has 0 N–H and O–H groups in total. The van der Waals surface area contributed by atoms with Gasteiger partial charge in [0.1, 0.15) is 0 Å². The van der Waals surface area contributed by atoms with Crippen molar-refractivity contribution in [1.82, 2.24) is 0 Å². The van der Waals surface area contributed by atoms with E-state index >= 15 is 0 Å². The molecule has 0 saturated carbocycles. The number of rotatable bonds is 2. The molecular formula is C21H24BNO3. The third kappa shape index (κ3) is 2.50. The standard InChI is InChI=1S/C21H24BNO3/c1-14-17-8-6-7-9-18(17)23(19(14)24)16-12-10-15(11-13-16)22-25-20(2,3)21(4,5)26-22/h6-14H,1-5H3. The van der Waals surface area contributed by atoms with Crippen molar-refractivity contribution in [2.24, 2.45) is 0 Å². The third-order valence-electron chi connectivity index (χ3n) is 5.91. The molecule has 1 unspecified atom stereocenters. The molecule has 0 aromatic heterocycles. The summed E-state index contributed by atoms with van der Waals surface area (Å²) < 4.78 is 12.2. The minimum Gasteiger partial charge on any atom is -0.399 e. The van der Waals surface area contributed by atoms with Crippen LogP contribution in [0.3, 0.4) is 0 Å². The monoisotopic (exact) mass is 349 g/mol. The molecule has 0 radical (unpaired) electrons. The molecule has 2 heterocycles. The van der Waals surface area contributed by atoms with Crippen LogP contribution in [0, 0.1) is 0 Å². The quantitative estimate of drug-likeness (QED) is 0.775. The Hall–Kier alpha value is -2.11. The highest BCUT2D eigenvalue weighted by Crippen LogP contribution is 2.41. The molecule has 4 nitrogen and oxygen atoms in total. The number of amides is 1. The first-order valence-electron chi connectivity index (χ1n) is 9.10. The number of benzene rings is 2. The average molecular weight is 349 g/mol. The fourth-order valence-electron chi connectivity index (χ4n) is 3.53. The van der Waals surface area contributed by atoms with Gasteiger partial charge in [-0.25, -0.2) is 0 Å². The van der Waals surface area contributed by atoms with Gasteiger partial charge in [0.15, 0.2) is 0 Å². The summed E-state index contributed by atoms with van der Waals surface area (Å²) in [6, 6.07) is 15.9. The number of nitrogens with zero attached hydrogens (tertiary/aromatic N) is 1. The Labute approximate surface area is 155 Å². The van der Waals surface area contributed by atoms with Crippen molar-refractivity contribution in [3.05, 3.63) is 54.1 Å². The van der Waals surface area contributed by atoms with E-state index in [1.807, 2.05) is 83.1 Å². The zero-order chi connectivity index (χ0) is 18.7. The fourth-order valence-corrected chi connectivity index (χ4v) is 3.53. The Balaban J connectivity index is 1.63. The molecule has 1 atom stereocenters. The average Bonchev–Trinajstić information content (AvgIpc) is 2.98. The van der Waals surface area contributed by atoms with Gasteiger partial charge in [0.05, 0.1) is 22.8 Å². The summed E-state index contributed by atoms with van der Waals surface area (Å²) in [5.74, 6) is -0.0106. The van der Waals surface area contributed by atoms with Gasteiger partial charge in [-0.3, -0.25) is 9.69 Å². The zero-order valence-electron chi connectivity index (χ0n) is 15.9. The number of hydrogen-bond donors (Lipinski definition) is 0. The van der Waals surface area contributed by atoms with Crippen LogP contribution in [0.5, 0.6) is 0 Å². The summed E-state index contributed by atoms with van der Waals surface area (Å²) in [5.41, 5.74) is 3.14. The van der Waals surface area contributed by atoms with Crippen LogP contribution in [0.2, 0.25) is 0 Å². The number of para-hydroxylation sites is 1. The van der Waals surface area contributed by atoms with E-state index < -0.39 is 7.12 Å². The van der Waals surface area contributed by atoms with Crippen LogP contribution in [0.1, 0.15) is 46.1 Å². The molecule has 0 aliphatic carbocycles. The third-order valence-corrected chi connectivity index (χ3v) is 5.91. The molecule has 2 aliphatic rings. The van der Waals surface area contributed by atoms with Crippen LogP contribution in [0.15, 0.2) is 48.5 Å². The van der Waals surface area contributed by atoms with Crippen LogP contribution in [0.25, 0.3) is 0 Å². The van der Waals surface area contributed by atoms with Gasteiger partial charge in [-0.1, -0.05) is 30.3 Å². The molecule has 1 fully saturated rings. The van der Waals surface area contributed by atoms with E-state index in [2.05, 4.69) is 0 Å². The van der Waals surface area contributed by atoms with E-state index in [1.54, 1.807) is 4.90 Å². The van der Waals surface area contributed by atoms with E-state index in [9.17, 15) is 4.79 Å². The first kappa shape index (κ1) is 17.3. The van der Waals surface area contributed by atoms with Crippen molar-refractivity contribution >= 4 is 29.9 Å². The molecule has 0 bridgehead atoms. The van der Waals surface area contributed by atoms with Gasteiger partial charge in [0, 0.05) is 5.69 Å². The van der Waals surface area contributed by atoms with Crippen LogP contribution >= 0.6 is 0 Å². The van der Waals surface area contributed by atoms with E-state index in [0.717, 1.165) is 22.4 Å². The summed E-state index contributed by atoms with van der Waals surface area (Å²) in [5, 5.41) is 0. The molecule has 2 aromatic carbocycles. The maximum atomic E-state index is 12.8. The summed E-state index contributed by atoms with van der Waals surface area (Å²) >= 11 is 0. The fraction of sp³-hybridized carbons (Fsp3) is 0.381. The highest BCUT2D eigenvalue weighted by atomic mass is 16.7. The second-order valence-corrected chi connectivity index (χ2v) is 8.13. The summed E-state index contributed by atoms with van der Waals surface area (Å²) in [6.07, 6.45) is 0. The zero-order valence-corrected chi connectivity index (χ0v) is 15.9. The Kier molecular flexibility index (Phi) is 3.79. The molecule has 4 rings (SSSR count). The van der Waals surface area contributed by atoms with Crippen molar-refractivity contribution < 1.29 is 14.1 Å². The highest BCUT2D eigenvalue weighted by molar-refractivity contribution is 6.62. The van der Waals surface area contributed by atoms with Crippen molar-refractivity contribution in [1.29, 1.82) is 0 Å². The number of anilines is 2. The second-order valence-electron chi connectivity index (χ2n) is 8.13. The molecule has 134 valence electrons. The van der Waals surface area contributed by atoms with Gasteiger partial charge in [-0.2, -0.15) is 0 Å². The van der Waals surface area contributed by atoms with Gasteiger partial charge in [-0.15, -0.1) is 0 Å². The number of fused-ring (bicyclic) bond motifs is 1. The van der Waals surface area contributed by atoms with Crippen molar-refractivity contribution in [2.45, 2.75) is 51.7 Å². The van der Waals surface area contributed by atoms with Gasteiger partial charge in [-0.05, 0) is 63.8 Å². The lowest BCUT2D eigenvalue weighted by Gasteiger charge is -2.32. The maximum absolute atomic E-state index is 12.8. The topological polar surface area (TPSA) is 38.8 Å². The first-order chi connectivity index (χ1) is 12.2. The second kappa shape index (κ2) is 5.70. The Morgan fingerprint density at radius 2 is 1.50 bits per heavy atom. The Morgan fingerprint density at radius 3 is 2.12 bits per heavy atom. The first-order valence-corrected chi connectivity index (χ1v) is 9.10. The van der Waals surface area contributed by atoms with Gasteiger partial charge in [0.2, 0.25) is 5.91 Å². The predicted octanol–water partition coefficient (Wildman–Crippen LogP) is 3.77. The smallest absolute Gasteiger partial charge is 0.399 e. The van der Waals surface area contributed by atoms with Gasteiger partial charge in [0.25, 0.3) is 0 Å². The minimum absolute atomic E-state index is 0.106. The SMILES string of the molecule is CC1C(=O)N(c2ccc(B3OC(C)(C)C(C)(C)O3)cc2)c2ccccc21. The van der Waals surface area contributed by atoms with Gasteiger partial charge < -0.3 is 9.31 Å². The lowest BCUT2D eigenvalue weighted by molar-refractivity contribution is -0.118. The highest BCUT2D eigenvalue weighted by Gasteiger charge is 2.51. The van der Waals surface area contributed by atoms with E-state index in [-0.39, 0.29) is 23.0 Å². The number of hydrogen-bond acceptors (Lipinski definition) is 3. The molecule has 5 heteroatoms. The summed E-state index contributed by atoms with van der Waals surface area (Å²) in [7, 11) is -0.394. The molecule has 2 aromatic rings. The molecule has 1 saturated heterocycles. The lowest BCUT2D eigenvalue weighted by atomic mass is 9.79. The van der Waals surface area contributed by atoms with E-state index in [0.29, 0.717) is 0 Å². The summed E-state index contributed by atoms with van der Waals surface area (Å²) in [6.45, 7) is 10.1. The molecular weight excluding hydrogens is 325 g/mol. The van der Waals surface area contributed by atoms with Crippen molar-refractivity contribution in [2.75, 3.05) is 4.90 Å². The predicted molar refractivity (Wildman–Crippen MR) is 104 cm³/mol. The normalized spacial score (nSPS) is 23.4. The Morgan fingerprint density at radius 1 is 0.923 bits per heavy atom. The van der Waals surface area contributed by atoms with Crippen LogP contribution in [-0.4, -0.2) is 24.2 Å². The largest absolute Gasteiger partial charge is 0.494 e. The van der Waals surface area contributed by atoms with E-state index in [4.69, 9.17) is 9.31 Å². The minimum atomic E-state index is -0.394. The van der Waals surface area contributed by atoms with Crippen LogP contribution < -0.4 is 10.4 Å². The van der Waals surface area contributed by atoms with Crippen molar-refractivity contribution in [3.8, 4) is 0 Å². The number of carbonyl (C=O) groups excluding carboxylic acids is 1. The molecule has 2 aliphatic heterocycles.